The van der Waals surface area contributed by atoms with Crippen molar-refractivity contribution in [2.24, 2.45) is 0 Å². The van der Waals surface area contributed by atoms with Crippen LogP contribution in [0.25, 0.3) is 10.8 Å². The topological polar surface area (TPSA) is 40.6 Å². The van der Waals surface area contributed by atoms with Crippen molar-refractivity contribution in [2.75, 3.05) is 26.2 Å². The average Bonchev–Trinajstić information content (AvgIpc) is 2.73. The van der Waals surface area contributed by atoms with Crippen LogP contribution in [0, 0.1) is 27.7 Å². The van der Waals surface area contributed by atoms with Crippen molar-refractivity contribution >= 4 is 20.8 Å². The maximum Gasteiger partial charge on any atom is 0.243 e. The lowest BCUT2D eigenvalue weighted by Crippen LogP contribution is -2.48. The van der Waals surface area contributed by atoms with Gasteiger partial charge in [0.05, 0.1) is 4.90 Å². The zero-order valence-electron chi connectivity index (χ0n) is 18.3. The van der Waals surface area contributed by atoms with E-state index in [0.29, 0.717) is 18.0 Å². The van der Waals surface area contributed by atoms with Gasteiger partial charge in [-0.25, -0.2) is 8.42 Å². The summed E-state index contributed by atoms with van der Waals surface area (Å²) >= 11 is 0. The van der Waals surface area contributed by atoms with E-state index in [4.69, 9.17) is 0 Å². The first-order valence-electron chi connectivity index (χ1n) is 10.6. The molecule has 4 rings (SSSR count). The van der Waals surface area contributed by atoms with Gasteiger partial charge in [0.25, 0.3) is 0 Å². The summed E-state index contributed by atoms with van der Waals surface area (Å²) in [6.07, 6.45) is 0. The van der Waals surface area contributed by atoms with Gasteiger partial charge in [-0.05, 0) is 66.3 Å². The standard InChI is InChI=1S/C25H30N2O2S/c1-18-16-19(2)21(4)25(20(18)3)30(28,29)27-14-12-26(13-15-27)17-23-10-7-9-22-8-5-6-11-24(22)23/h5-11,16H,12-15,17H2,1-4H3. The average molecular weight is 423 g/mol. The first-order chi connectivity index (χ1) is 14.3. The van der Waals surface area contributed by atoms with Gasteiger partial charge in [0.1, 0.15) is 0 Å². The molecule has 1 aliphatic heterocycles. The zero-order chi connectivity index (χ0) is 21.5. The van der Waals surface area contributed by atoms with E-state index >= 15 is 0 Å². The van der Waals surface area contributed by atoms with E-state index < -0.39 is 10.0 Å². The molecule has 0 saturated carbocycles. The molecule has 3 aromatic carbocycles. The summed E-state index contributed by atoms with van der Waals surface area (Å²) in [6, 6.07) is 16.9. The van der Waals surface area contributed by atoms with E-state index in [1.165, 1.54) is 16.3 Å². The van der Waals surface area contributed by atoms with Crippen LogP contribution in [0.3, 0.4) is 0 Å². The Kier molecular flexibility index (Phi) is 5.71. The maximum absolute atomic E-state index is 13.5. The predicted octanol–water partition coefficient (Wildman–Crippen LogP) is 4.58. The predicted molar refractivity (Wildman–Crippen MR) is 123 cm³/mol. The van der Waals surface area contributed by atoms with Gasteiger partial charge in [0.2, 0.25) is 10.0 Å². The van der Waals surface area contributed by atoms with Crippen molar-refractivity contribution in [2.45, 2.75) is 39.1 Å². The number of aryl methyl sites for hydroxylation is 2. The summed E-state index contributed by atoms with van der Waals surface area (Å²) in [5, 5.41) is 2.52. The molecule has 0 amide bonds. The Hall–Kier alpha value is -2.21. The summed E-state index contributed by atoms with van der Waals surface area (Å²) in [6.45, 7) is 11.2. The fraction of sp³-hybridized carbons (Fsp3) is 0.360. The fourth-order valence-corrected chi connectivity index (χ4v) is 6.49. The second-order valence-electron chi connectivity index (χ2n) is 8.41. The molecule has 1 saturated heterocycles. The first kappa shape index (κ1) is 21.0. The third kappa shape index (κ3) is 3.78. The Morgan fingerprint density at radius 3 is 2.07 bits per heavy atom. The molecule has 0 radical (unpaired) electrons. The second-order valence-corrected chi connectivity index (χ2v) is 10.3. The number of hydrogen-bond donors (Lipinski definition) is 0. The minimum atomic E-state index is -3.49. The molecule has 1 aliphatic rings. The summed E-state index contributed by atoms with van der Waals surface area (Å²) in [4.78, 5) is 2.86. The van der Waals surface area contributed by atoms with Crippen molar-refractivity contribution < 1.29 is 8.42 Å². The number of rotatable bonds is 4. The van der Waals surface area contributed by atoms with Gasteiger partial charge < -0.3 is 0 Å². The molecule has 4 nitrogen and oxygen atoms in total. The molecule has 3 aromatic rings. The highest BCUT2D eigenvalue weighted by atomic mass is 32.2. The van der Waals surface area contributed by atoms with Gasteiger partial charge in [-0.1, -0.05) is 48.5 Å². The quantitative estimate of drug-likeness (QED) is 0.618. The van der Waals surface area contributed by atoms with Gasteiger partial charge in [0, 0.05) is 32.7 Å². The van der Waals surface area contributed by atoms with Gasteiger partial charge >= 0.3 is 0 Å². The van der Waals surface area contributed by atoms with Crippen LogP contribution >= 0.6 is 0 Å². The summed E-state index contributed by atoms with van der Waals surface area (Å²) in [5.74, 6) is 0. The van der Waals surface area contributed by atoms with Crippen molar-refractivity contribution in [1.82, 2.24) is 9.21 Å². The first-order valence-corrected chi connectivity index (χ1v) is 12.0. The summed E-state index contributed by atoms with van der Waals surface area (Å²) < 4.78 is 28.6. The van der Waals surface area contributed by atoms with Crippen LogP contribution in [-0.4, -0.2) is 43.8 Å². The third-order valence-corrected chi connectivity index (χ3v) is 8.67. The van der Waals surface area contributed by atoms with Crippen molar-refractivity contribution in [3.8, 4) is 0 Å². The summed E-state index contributed by atoms with van der Waals surface area (Å²) in [7, 11) is -3.49. The number of piperazine rings is 1. The number of hydrogen-bond acceptors (Lipinski definition) is 3. The smallest absolute Gasteiger partial charge is 0.243 e. The van der Waals surface area contributed by atoms with E-state index in [2.05, 4.69) is 53.4 Å². The Bertz CT molecular complexity index is 1160. The molecule has 30 heavy (non-hydrogen) atoms. The van der Waals surface area contributed by atoms with Crippen LogP contribution in [0.1, 0.15) is 27.8 Å². The lowest BCUT2D eigenvalue weighted by Gasteiger charge is -2.35. The molecular weight excluding hydrogens is 392 g/mol. The lowest BCUT2D eigenvalue weighted by atomic mass is 10.0. The molecular formula is C25H30N2O2S. The second kappa shape index (κ2) is 8.14. The molecule has 0 N–H and O–H groups in total. The highest BCUT2D eigenvalue weighted by molar-refractivity contribution is 7.89. The van der Waals surface area contributed by atoms with Crippen LogP contribution in [0.15, 0.2) is 53.4 Å². The molecule has 0 aromatic heterocycles. The molecule has 0 bridgehead atoms. The van der Waals surface area contributed by atoms with Gasteiger partial charge in [-0.3, -0.25) is 4.90 Å². The molecule has 0 spiro atoms. The summed E-state index contributed by atoms with van der Waals surface area (Å²) in [5.41, 5.74) is 5.11. The van der Waals surface area contributed by atoms with E-state index in [1.807, 2.05) is 27.7 Å². The zero-order valence-corrected chi connectivity index (χ0v) is 19.1. The molecule has 0 aliphatic carbocycles. The Morgan fingerprint density at radius 2 is 1.40 bits per heavy atom. The number of nitrogens with zero attached hydrogens (tertiary/aromatic N) is 2. The van der Waals surface area contributed by atoms with E-state index in [0.717, 1.165) is 41.9 Å². The van der Waals surface area contributed by atoms with Crippen LogP contribution in [0.2, 0.25) is 0 Å². The molecule has 158 valence electrons. The highest BCUT2D eigenvalue weighted by Gasteiger charge is 2.31. The number of sulfonamides is 1. The van der Waals surface area contributed by atoms with E-state index in [9.17, 15) is 8.42 Å². The Balaban J connectivity index is 1.52. The largest absolute Gasteiger partial charge is 0.296 e. The van der Waals surface area contributed by atoms with Crippen LogP contribution < -0.4 is 0 Å². The van der Waals surface area contributed by atoms with Crippen molar-refractivity contribution in [3.63, 3.8) is 0 Å². The molecule has 1 heterocycles. The molecule has 1 fully saturated rings. The SMILES string of the molecule is Cc1cc(C)c(C)c(S(=O)(=O)N2CCN(Cc3cccc4ccccc34)CC2)c1C. The van der Waals surface area contributed by atoms with Gasteiger partial charge in [-0.2, -0.15) is 4.31 Å². The molecule has 5 heteroatoms. The minimum Gasteiger partial charge on any atom is -0.296 e. The van der Waals surface area contributed by atoms with Crippen LogP contribution in [0.5, 0.6) is 0 Å². The fourth-order valence-electron chi connectivity index (χ4n) is 4.50. The van der Waals surface area contributed by atoms with E-state index in [-0.39, 0.29) is 0 Å². The normalized spacial score (nSPS) is 16.3. The van der Waals surface area contributed by atoms with E-state index in [1.54, 1.807) is 4.31 Å². The van der Waals surface area contributed by atoms with Crippen LogP contribution in [0.4, 0.5) is 0 Å². The van der Waals surface area contributed by atoms with Crippen molar-refractivity contribution in [1.29, 1.82) is 0 Å². The third-order valence-electron chi connectivity index (χ3n) is 6.50. The Morgan fingerprint density at radius 1 is 0.800 bits per heavy atom. The van der Waals surface area contributed by atoms with Gasteiger partial charge in [-0.15, -0.1) is 0 Å². The number of fused-ring (bicyclic) bond motifs is 1. The lowest BCUT2D eigenvalue weighted by molar-refractivity contribution is 0.182. The Labute approximate surface area is 180 Å². The highest BCUT2D eigenvalue weighted by Crippen LogP contribution is 2.29. The molecule has 0 atom stereocenters. The monoisotopic (exact) mass is 422 g/mol. The van der Waals surface area contributed by atoms with Gasteiger partial charge in [0.15, 0.2) is 0 Å². The van der Waals surface area contributed by atoms with Crippen LogP contribution in [-0.2, 0) is 16.6 Å². The van der Waals surface area contributed by atoms with Crippen molar-refractivity contribution in [3.05, 3.63) is 76.3 Å². The molecule has 0 unspecified atom stereocenters. The maximum atomic E-state index is 13.5. The number of benzene rings is 3. The minimum absolute atomic E-state index is 0.502.